The van der Waals surface area contributed by atoms with Crippen molar-refractivity contribution in [2.24, 2.45) is 5.73 Å². The van der Waals surface area contributed by atoms with Gasteiger partial charge >= 0.3 is 5.97 Å². The van der Waals surface area contributed by atoms with Crippen molar-refractivity contribution < 1.29 is 9.53 Å². The van der Waals surface area contributed by atoms with Gasteiger partial charge in [-0.25, -0.2) is 0 Å². The van der Waals surface area contributed by atoms with Crippen molar-refractivity contribution in [1.82, 2.24) is 9.80 Å². The third kappa shape index (κ3) is 4.44. The average Bonchev–Trinajstić information content (AvgIpc) is 2.78. The van der Waals surface area contributed by atoms with E-state index in [1.54, 1.807) is 13.8 Å². The van der Waals surface area contributed by atoms with Gasteiger partial charge < -0.3 is 15.4 Å². The number of esters is 1. The molecule has 112 valence electrons. The van der Waals surface area contributed by atoms with Gasteiger partial charge in [0.1, 0.15) is 5.54 Å². The summed E-state index contributed by atoms with van der Waals surface area (Å²) in [6.07, 6.45) is 1.81. The summed E-state index contributed by atoms with van der Waals surface area (Å²) >= 11 is 0. The number of rotatable bonds is 6. The highest BCUT2D eigenvalue weighted by Crippen LogP contribution is 2.21. The third-order valence-electron chi connectivity index (χ3n) is 4.01. The zero-order valence-electron chi connectivity index (χ0n) is 13.0. The van der Waals surface area contributed by atoms with Crippen molar-refractivity contribution in [1.29, 1.82) is 0 Å². The lowest BCUT2D eigenvalue weighted by Crippen LogP contribution is -2.51. The number of nitrogens with two attached hydrogens (primary N) is 1. The molecule has 1 fully saturated rings. The van der Waals surface area contributed by atoms with Crippen molar-refractivity contribution in [3.8, 4) is 0 Å². The number of nitrogens with zero attached hydrogens (tertiary/aromatic N) is 2. The van der Waals surface area contributed by atoms with Gasteiger partial charge in [-0.15, -0.1) is 0 Å². The zero-order chi connectivity index (χ0) is 14.6. The maximum absolute atomic E-state index is 11.8. The van der Waals surface area contributed by atoms with E-state index in [9.17, 15) is 4.79 Å². The second-order valence-electron chi connectivity index (χ2n) is 6.09. The Bertz CT molecular complexity index is 305. The van der Waals surface area contributed by atoms with E-state index in [0.29, 0.717) is 25.1 Å². The summed E-state index contributed by atoms with van der Waals surface area (Å²) in [4.78, 5) is 16.5. The first-order valence-electron chi connectivity index (χ1n) is 7.14. The van der Waals surface area contributed by atoms with Crippen molar-refractivity contribution in [3.63, 3.8) is 0 Å². The fourth-order valence-electron chi connectivity index (χ4n) is 2.71. The standard InChI is InChI=1S/C14H29N3O2/c1-6-19-13(18)14(3,15)9-11(2)17-8-7-12(10-17)16(4)5/h11-12H,6-10,15H2,1-5H3. The van der Waals surface area contributed by atoms with Gasteiger partial charge in [0.05, 0.1) is 6.61 Å². The molecule has 1 rings (SSSR count). The van der Waals surface area contributed by atoms with E-state index >= 15 is 0 Å². The van der Waals surface area contributed by atoms with Crippen LogP contribution in [-0.2, 0) is 9.53 Å². The Morgan fingerprint density at radius 1 is 1.58 bits per heavy atom. The lowest BCUT2D eigenvalue weighted by Gasteiger charge is -2.31. The molecule has 0 aromatic heterocycles. The molecule has 1 heterocycles. The largest absolute Gasteiger partial charge is 0.465 e. The Kier molecular flexibility index (Phi) is 5.77. The van der Waals surface area contributed by atoms with Crippen molar-refractivity contribution >= 4 is 5.97 Å². The van der Waals surface area contributed by atoms with Gasteiger partial charge in [-0.05, 0) is 47.7 Å². The molecule has 1 aliphatic rings. The van der Waals surface area contributed by atoms with Crippen LogP contribution in [0.25, 0.3) is 0 Å². The van der Waals surface area contributed by atoms with Crippen LogP contribution in [0.3, 0.4) is 0 Å². The molecule has 3 atom stereocenters. The van der Waals surface area contributed by atoms with Crippen LogP contribution in [0.5, 0.6) is 0 Å². The lowest BCUT2D eigenvalue weighted by molar-refractivity contribution is -0.149. The van der Waals surface area contributed by atoms with Crippen molar-refractivity contribution in [3.05, 3.63) is 0 Å². The molecule has 0 spiro atoms. The zero-order valence-corrected chi connectivity index (χ0v) is 13.0. The van der Waals surface area contributed by atoms with E-state index in [1.807, 2.05) is 0 Å². The molecule has 5 heteroatoms. The quantitative estimate of drug-likeness (QED) is 0.720. The van der Waals surface area contributed by atoms with Gasteiger partial charge in [0.15, 0.2) is 0 Å². The first-order chi connectivity index (χ1) is 8.77. The number of hydrogen-bond donors (Lipinski definition) is 1. The number of hydrogen-bond acceptors (Lipinski definition) is 5. The highest BCUT2D eigenvalue weighted by atomic mass is 16.5. The van der Waals surface area contributed by atoms with Gasteiger partial charge in [-0.1, -0.05) is 0 Å². The molecule has 0 bridgehead atoms. The number of carbonyl (C=O) groups is 1. The van der Waals surface area contributed by atoms with Crippen LogP contribution in [0.15, 0.2) is 0 Å². The van der Waals surface area contributed by atoms with E-state index in [2.05, 4.69) is 30.8 Å². The van der Waals surface area contributed by atoms with Gasteiger partial charge in [0.2, 0.25) is 0 Å². The number of likely N-dealkylation sites (tertiary alicyclic amines) is 1. The highest BCUT2D eigenvalue weighted by molar-refractivity contribution is 5.80. The summed E-state index contributed by atoms with van der Waals surface area (Å²) < 4.78 is 5.04. The number of likely N-dealkylation sites (N-methyl/N-ethyl adjacent to an activating group) is 1. The predicted octanol–water partition coefficient (Wildman–Crippen LogP) is 0.681. The minimum absolute atomic E-state index is 0.296. The molecule has 0 saturated carbocycles. The maximum Gasteiger partial charge on any atom is 0.325 e. The minimum Gasteiger partial charge on any atom is -0.465 e. The molecule has 19 heavy (non-hydrogen) atoms. The lowest BCUT2D eigenvalue weighted by atomic mass is 9.94. The normalized spacial score (nSPS) is 25.3. The monoisotopic (exact) mass is 271 g/mol. The predicted molar refractivity (Wildman–Crippen MR) is 77.0 cm³/mol. The summed E-state index contributed by atoms with van der Waals surface area (Å²) in [6.45, 7) is 8.21. The molecule has 0 aromatic rings. The van der Waals surface area contributed by atoms with Crippen LogP contribution < -0.4 is 5.73 Å². The van der Waals surface area contributed by atoms with Gasteiger partial charge in [0.25, 0.3) is 0 Å². The van der Waals surface area contributed by atoms with E-state index in [4.69, 9.17) is 10.5 Å². The second-order valence-corrected chi connectivity index (χ2v) is 6.09. The molecule has 2 N–H and O–H groups in total. The van der Waals surface area contributed by atoms with Crippen LogP contribution in [0, 0.1) is 0 Å². The first kappa shape index (κ1) is 16.4. The minimum atomic E-state index is -0.897. The molecule has 3 unspecified atom stereocenters. The summed E-state index contributed by atoms with van der Waals surface area (Å²) in [6, 6.07) is 0.901. The van der Waals surface area contributed by atoms with E-state index in [1.165, 1.54) is 6.42 Å². The Morgan fingerprint density at radius 3 is 2.68 bits per heavy atom. The van der Waals surface area contributed by atoms with E-state index < -0.39 is 5.54 Å². The van der Waals surface area contributed by atoms with Gasteiger partial charge in [-0.2, -0.15) is 0 Å². The maximum atomic E-state index is 11.8. The topological polar surface area (TPSA) is 58.8 Å². The molecule has 1 saturated heterocycles. The van der Waals surface area contributed by atoms with Crippen LogP contribution >= 0.6 is 0 Å². The Balaban J connectivity index is 2.51. The molecule has 0 radical (unpaired) electrons. The third-order valence-corrected chi connectivity index (χ3v) is 4.01. The van der Waals surface area contributed by atoms with E-state index in [0.717, 1.165) is 13.1 Å². The summed E-state index contributed by atoms with van der Waals surface area (Å²) in [5, 5.41) is 0. The second kappa shape index (κ2) is 6.68. The number of carbonyl (C=O) groups excluding carboxylic acids is 1. The molecular weight excluding hydrogens is 242 g/mol. The van der Waals surface area contributed by atoms with Crippen LogP contribution in [0.1, 0.15) is 33.6 Å². The van der Waals surface area contributed by atoms with Crippen LogP contribution in [0.2, 0.25) is 0 Å². The molecule has 0 aliphatic carbocycles. The number of ether oxygens (including phenoxy) is 1. The summed E-state index contributed by atoms with van der Waals surface area (Å²) in [7, 11) is 4.23. The fraction of sp³-hybridized carbons (Fsp3) is 0.929. The molecule has 0 aromatic carbocycles. The summed E-state index contributed by atoms with van der Waals surface area (Å²) in [5.41, 5.74) is 5.20. The van der Waals surface area contributed by atoms with Crippen molar-refractivity contribution in [2.45, 2.75) is 51.2 Å². The van der Waals surface area contributed by atoms with E-state index in [-0.39, 0.29) is 5.97 Å². The fourth-order valence-corrected chi connectivity index (χ4v) is 2.71. The Labute approximate surface area is 117 Å². The highest BCUT2D eigenvalue weighted by Gasteiger charge is 2.35. The SMILES string of the molecule is CCOC(=O)C(C)(N)CC(C)N1CCC(N(C)C)C1. The van der Waals surface area contributed by atoms with Gasteiger partial charge in [0, 0.05) is 25.2 Å². The average molecular weight is 271 g/mol. The Morgan fingerprint density at radius 2 is 2.21 bits per heavy atom. The van der Waals surface area contributed by atoms with Crippen LogP contribution in [0.4, 0.5) is 0 Å². The molecular formula is C14H29N3O2. The first-order valence-corrected chi connectivity index (χ1v) is 7.14. The van der Waals surface area contributed by atoms with Gasteiger partial charge in [-0.3, -0.25) is 9.69 Å². The Hall–Kier alpha value is -0.650. The molecule has 5 nitrogen and oxygen atoms in total. The van der Waals surface area contributed by atoms with Crippen molar-refractivity contribution in [2.75, 3.05) is 33.8 Å². The molecule has 0 amide bonds. The molecule has 1 aliphatic heterocycles. The summed E-state index contributed by atoms with van der Waals surface area (Å²) in [5.74, 6) is -0.301. The smallest absolute Gasteiger partial charge is 0.325 e. The van der Waals surface area contributed by atoms with Crippen LogP contribution in [-0.4, -0.2) is 67.2 Å².